The monoisotopic (exact) mass is 133 g/mol. The Balaban J connectivity index is 2.54. The average molecular weight is 133 g/mol. The molecule has 3 heteroatoms. The molecule has 0 spiro atoms. The minimum atomic E-state index is -0.801. The van der Waals surface area contributed by atoms with Gasteiger partial charge in [-0.25, -0.2) is 0 Å². The van der Waals surface area contributed by atoms with Crippen molar-refractivity contribution >= 4 is 7.56 Å². The van der Waals surface area contributed by atoms with Gasteiger partial charge in [0.2, 0.25) is 0 Å². The molecule has 1 rings (SSSR count). The topological polar surface area (TPSA) is 15.3 Å². The lowest BCUT2D eigenvalue weighted by molar-refractivity contribution is 0.593. The van der Waals surface area contributed by atoms with E-state index in [1.54, 1.807) is 0 Å². The van der Waals surface area contributed by atoms with Crippen LogP contribution in [0.1, 0.15) is 0 Å². The number of nitrogens with zero attached hydrogens (tertiary/aromatic N) is 1. The van der Waals surface area contributed by atoms with Crippen molar-refractivity contribution in [1.82, 2.24) is 9.76 Å². The molecule has 2 nitrogen and oxygen atoms in total. The van der Waals surface area contributed by atoms with Gasteiger partial charge < -0.3 is 0 Å². The minimum absolute atomic E-state index is 0.801. The molecule has 0 aromatic rings. The molecule has 0 atom stereocenters. The predicted molar refractivity (Wildman–Crippen MR) is 39.4 cm³/mol. The van der Waals surface area contributed by atoms with E-state index in [1.165, 1.54) is 13.1 Å². The van der Waals surface area contributed by atoms with E-state index in [-0.39, 0.29) is 0 Å². The first kappa shape index (κ1) is 6.47. The number of likely N-dealkylation sites (N-methyl/N-ethyl adjacent to an activating group) is 1. The highest BCUT2D eigenvalue weighted by Crippen LogP contribution is 2.51. The smallest absolute Gasteiger partial charge is 0.143 e. The summed E-state index contributed by atoms with van der Waals surface area (Å²) in [5, 5.41) is 3.48. The quantitative estimate of drug-likeness (QED) is 0.487. The van der Waals surface area contributed by atoms with Gasteiger partial charge in [0.05, 0.1) is 19.9 Å². The molecular formula is C5H14N2P+. The van der Waals surface area contributed by atoms with Crippen molar-refractivity contribution in [2.75, 3.05) is 33.5 Å². The Morgan fingerprint density at radius 1 is 1.50 bits per heavy atom. The summed E-state index contributed by atoms with van der Waals surface area (Å²) in [4.78, 5) is 0. The van der Waals surface area contributed by atoms with Crippen LogP contribution in [0, 0.1) is 0 Å². The fraction of sp³-hybridized carbons (Fsp3) is 1.00. The maximum atomic E-state index is 3.48. The lowest BCUT2D eigenvalue weighted by Crippen LogP contribution is -2.14. The summed E-state index contributed by atoms with van der Waals surface area (Å²) >= 11 is 0. The Labute approximate surface area is 51.7 Å². The van der Waals surface area contributed by atoms with Crippen LogP contribution in [0.2, 0.25) is 0 Å². The summed E-state index contributed by atoms with van der Waals surface area (Å²) < 4.78 is 2.42. The van der Waals surface area contributed by atoms with Crippen molar-refractivity contribution in [3.8, 4) is 0 Å². The van der Waals surface area contributed by atoms with E-state index in [1.807, 2.05) is 0 Å². The van der Waals surface area contributed by atoms with Gasteiger partial charge >= 0.3 is 0 Å². The summed E-state index contributed by atoms with van der Waals surface area (Å²) in [6.07, 6.45) is 0. The lowest BCUT2D eigenvalue weighted by atomic mass is 10.7. The van der Waals surface area contributed by atoms with Crippen LogP contribution in [0.25, 0.3) is 0 Å². The standard InChI is InChI=1S/C5H14N2P/c1-7-5-4-6-8(7,2)3/h6H,4-5H2,1-3H3/q+1. The lowest BCUT2D eigenvalue weighted by Gasteiger charge is -2.17. The second-order valence-corrected chi connectivity index (χ2v) is 6.47. The first-order chi connectivity index (χ1) is 3.63. The highest BCUT2D eigenvalue weighted by Gasteiger charge is 2.35. The van der Waals surface area contributed by atoms with Crippen LogP contribution in [-0.4, -0.2) is 38.1 Å². The molecule has 1 N–H and O–H groups in total. The summed E-state index contributed by atoms with van der Waals surface area (Å²) in [7, 11) is 1.39. The summed E-state index contributed by atoms with van der Waals surface area (Å²) in [5.41, 5.74) is 0. The van der Waals surface area contributed by atoms with Gasteiger partial charge in [0.1, 0.15) is 7.56 Å². The Hall–Kier alpha value is 0.350. The molecule has 0 radical (unpaired) electrons. The Kier molecular flexibility index (Phi) is 1.57. The first-order valence-corrected chi connectivity index (χ1v) is 5.57. The largest absolute Gasteiger partial charge is 0.175 e. The van der Waals surface area contributed by atoms with Crippen LogP contribution in [0.15, 0.2) is 0 Å². The van der Waals surface area contributed by atoms with Crippen molar-refractivity contribution in [2.45, 2.75) is 0 Å². The maximum absolute atomic E-state index is 3.48. The predicted octanol–water partition coefficient (Wildman–Crippen LogP) is 0.629. The molecule has 0 saturated carbocycles. The molecule has 48 valence electrons. The van der Waals surface area contributed by atoms with Crippen molar-refractivity contribution < 1.29 is 0 Å². The normalized spacial score (nSPS) is 28.9. The van der Waals surface area contributed by atoms with E-state index in [9.17, 15) is 0 Å². The zero-order valence-electron chi connectivity index (χ0n) is 5.81. The van der Waals surface area contributed by atoms with Gasteiger partial charge in [-0.2, -0.15) is 9.76 Å². The fourth-order valence-corrected chi connectivity index (χ4v) is 2.34. The zero-order valence-corrected chi connectivity index (χ0v) is 6.70. The van der Waals surface area contributed by atoms with E-state index in [4.69, 9.17) is 0 Å². The van der Waals surface area contributed by atoms with Crippen LogP contribution >= 0.6 is 7.56 Å². The SMILES string of the molecule is CN1CCN[P+]1(C)C. The van der Waals surface area contributed by atoms with E-state index < -0.39 is 7.56 Å². The molecule has 0 amide bonds. The van der Waals surface area contributed by atoms with Crippen LogP contribution in [-0.2, 0) is 0 Å². The summed E-state index contributed by atoms with van der Waals surface area (Å²) in [6.45, 7) is 7.01. The maximum Gasteiger partial charge on any atom is 0.143 e. The second-order valence-electron chi connectivity index (χ2n) is 2.68. The minimum Gasteiger partial charge on any atom is -0.175 e. The van der Waals surface area contributed by atoms with Gasteiger partial charge in [-0.3, -0.25) is 0 Å². The molecule has 0 aliphatic carbocycles. The van der Waals surface area contributed by atoms with Gasteiger partial charge in [0.25, 0.3) is 0 Å². The highest BCUT2D eigenvalue weighted by atomic mass is 31.2. The molecule has 0 aromatic carbocycles. The third kappa shape index (κ3) is 1.02. The Morgan fingerprint density at radius 3 is 2.25 bits per heavy atom. The van der Waals surface area contributed by atoms with Crippen molar-refractivity contribution in [3.63, 3.8) is 0 Å². The van der Waals surface area contributed by atoms with Crippen molar-refractivity contribution in [3.05, 3.63) is 0 Å². The Bertz CT molecular complexity index is 92.4. The van der Waals surface area contributed by atoms with E-state index in [0.717, 1.165) is 0 Å². The Morgan fingerprint density at radius 2 is 2.12 bits per heavy atom. The molecule has 1 fully saturated rings. The van der Waals surface area contributed by atoms with Crippen molar-refractivity contribution in [1.29, 1.82) is 0 Å². The molecule has 1 heterocycles. The average Bonchev–Trinajstić information content (AvgIpc) is 1.86. The number of rotatable bonds is 0. The molecule has 1 aliphatic heterocycles. The van der Waals surface area contributed by atoms with Gasteiger partial charge in [-0.05, 0) is 0 Å². The van der Waals surface area contributed by atoms with Gasteiger partial charge in [0.15, 0.2) is 0 Å². The number of hydrogen-bond acceptors (Lipinski definition) is 2. The van der Waals surface area contributed by atoms with E-state index >= 15 is 0 Å². The second kappa shape index (κ2) is 1.94. The van der Waals surface area contributed by atoms with Crippen LogP contribution < -0.4 is 5.09 Å². The van der Waals surface area contributed by atoms with E-state index in [2.05, 4.69) is 30.1 Å². The molecule has 8 heavy (non-hydrogen) atoms. The van der Waals surface area contributed by atoms with Crippen molar-refractivity contribution in [2.24, 2.45) is 0 Å². The van der Waals surface area contributed by atoms with Gasteiger partial charge in [0, 0.05) is 13.6 Å². The molecular weight excluding hydrogens is 119 g/mol. The zero-order chi connectivity index (χ0) is 6.20. The molecule has 1 saturated heterocycles. The van der Waals surface area contributed by atoms with E-state index in [0.29, 0.717) is 0 Å². The number of hydrogen-bond donors (Lipinski definition) is 1. The van der Waals surface area contributed by atoms with Crippen LogP contribution in [0.5, 0.6) is 0 Å². The summed E-state index contributed by atoms with van der Waals surface area (Å²) in [5.74, 6) is 0. The third-order valence-electron chi connectivity index (χ3n) is 1.79. The number of nitrogens with one attached hydrogen (secondary N) is 1. The molecule has 0 bridgehead atoms. The van der Waals surface area contributed by atoms with Gasteiger partial charge in [-0.1, -0.05) is 0 Å². The first-order valence-electron chi connectivity index (χ1n) is 2.94. The molecule has 0 aromatic heterocycles. The van der Waals surface area contributed by atoms with Crippen LogP contribution in [0.4, 0.5) is 0 Å². The third-order valence-corrected chi connectivity index (χ3v) is 4.69. The summed E-state index contributed by atoms with van der Waals surface area (Å²) in [6, 6.07) is 0. The fourth-order valence-electron chi connectivity index (χ4n) is 0.856. The van der Waals surface area contributed by atoms with Crippen LogP contribution in [0.3, 0.4) is 0 Å². The molecule has 1 aliphatic rings. The van der Waals surface area contributed by atoms with Gasteiger partial charge in [-0.15, -0.1) is 0 Å². The molecule has 0 unspecified atom stereocenters. The highest BCUT2D eigenvalue weighted by molar-refractivity contribution is 7.70.